The number of fused-ring (bicyclic) bond motifs is 1. The maximum absolute atomic E-state index is 13.9. The first-order valence-electron chi connectivity index (χ1n) is 11.9. The number of hydrogen-bond acceptors (Lipinski definition) is 4. The van der Waals surface area contributed by atoms with Crippen LogP contribution in [0.1, 0.15) is 50.9 Å². The van der Waals surface area contributed by atoms with Crippen LogP contribution in [0.2, 0.25) is 5.02 Å². The summed E-state index contributed by atoms with van der Waals surface area (Å²) in [7, 11) is 1.58. The van der Waals surface area contributed by atoms with Gasteiger partial charge in [0, 0.05) is 19.7 Å². The Hall–Kier alpha value is -2.97. The fourth-order valence-electron chi connectivity index (χ4n) is 4.61. The Bertz CT molecular complexity index is 1260. The van der Waals surface area contributed by atoms with Gasteiger partial charge in [-0.3, -0.25) is 9.36 Å². The smallest absolute Gasteiger partial charge is 0.318 e. The number of benzene rings is 2. The number of nitrogens with one attached hydrogen (secondary N) is 1. The van der Waals surface area contributed by atoms with Gasteiger partial charge in [0.1, 0.15) is 11.6 Å². The molecular weight excluding hydrogens is 471 g/mol. The van der Waals surface area contributed by atoms with Crippen molar-refractivity contribution < 1.29 is 13.9 Å². The number of ether oxygens (including phenoxy) is 1. The first kappa shape index (κ1) is 25.1. The summed E-state index contributed by atoms with van der Waals surface area (Å²) < 4.78 is 20.6. The zero-order chi connectivity index (χ0) is 24.9. The van der Waals surface area contributed by atoms with Gasteiger partial charge in [-0.15, -0.1) is 0 Å². The van der Waals surface area contributed by atoms with Crippen LogP contribution in [-0.2, 0) is 4.74 Å². The highest BCUT2D eigenvalue weighted by Crippen LogP contribution is 2.26. The van der Waals surface area contributed by atoms with E-state index in [1.54, 1.807) is 36.3 Å². The molecule has 1 unspecified atom stereocenters. The summed E-state index contributed by atoms with van der Waals surface area (Å²) in [6.45, 7) is 2.46. The van der Waals surface area contributed by atoms with Crippen molar-refractivity contribution >= 4 is 28.5 Å². The van der Waals surface area contributed by atoms with Gasteiger partial charge in [-0.25, -0.2) is 14.2 Å². The molecule has 2 aromatic carbocycles. The summed E-state index contributed by atoms with van der Waals surface area (Å²) in [5, 5.41) is 3.46. The van der Waals surface area contributed by atoms with E-state index in [1.807, 2.05) is 6.92 Å². The van der Waals surface area contributed by atoms with Gasteiger partial charge in [-0.1, -0.05) is 43.0 Å². The third-order valence-corrected chi connectivity index (χ3v) is 6.82. The SMILES string of the molecule is COCCN(C(=O)NC1CCCCC1)C(C)c1nc2ccccc2c(=O)n1-c1ccc(F)c(Cl)c1. The zero-order valence-corrected chi connectivity index (χ0v) is 20.7. The van der Waals surface area contributed by atoms with Crippen molar-refractivity contribution in [3.8, 4) is 5.69 Å². The Morgan fingerprint density at radius 3 is 2.71 bits per heavy atom. The molecule has 1 N–H and O–H groups in total. The van der Waals surface area contributed by atoms with E-state index in [1.165, 1.54) is 29.2 Å². The molecule has 1 aliphatic rings. The molecule has 1 saturated carbocycles. The molecule has 186 valence electrons. The molecule has 1 aromatic heterocycles. The zero-order valence-electron chi connectivity index (χ0n) is 20.0. The van der Waals surface area contributed by atoms with Crippen molar-refractivity contribution in [3.63, 3.8) is 0 Å². The molecule has 9 heteroatoms. The van der Waals surface area contributed by atoms with Crippen molar-refractivity contribution in [2.24, 2.45) is 0 Å². The highest BCUT2D eigenvalue weighted by atomic mass is 35.5. The van der Waals surface area contributed by atoms with E-state index in [0.29, 0.717) is 35.6 Å². The summed E-state index contributed by atoms with van der Waals surface area (Å²) in [6, 6.07) is 10.4. The quantitative estimate of drug-likeness (QED) is 0.482. The molecule has 4 rings (SSSR count). The van der Waals surface area contributed by atoms with Crippen LogP contribution in [0, 0.1) is 5.82 Å². The van der Waals surface area contributed by atoms with Gasteiger partial charge in [0.05, 0.1) is 34.3 Å². The van der Waals surface area contributed by atoms with Gasteiger partial charge in [0.25, 0.3) is 5.56 Å². The number of hydrogen-bond donors (Lipinski definition) is 1. The second kappa shape index (κ2) is 11.2. The van der Waals surface area contributed by atoms with Gasteiger partial charge >= 0.3 is 6.03 Å². The Balaban J connectivity index is 1.80. The van der Waals surface area contributed by atoms with Gasteiger partial charge in [0.15, 0.2) is 0 Å². The Labute approximate surface area is 208 Å². The number of carbonyl (C=O) groups excluding carboxylic acids is 1. The average Bonchev–Trinajstić information content (AvgIpc) is 2.86. The number of halogens is 2. The monoisotopic (exact) mass is 500 g/mol. The van der Waals surface area contributed by atoms with Crippen molar-refractivity contribution in [2.75, 3.05) is 20.3 Å². The first-order chi connectivity index (χ1) is 16.9. The van der Waals surface area contributed by atoms with E-state index >= 15 is 0 Å². The maximum atomic E-state index is 13.9. The Kier molecular flexibility index (Phi) is 8.03. The third-order valence-electron chi connectivity index (χ3n) is 6.53. The van der Waals surface area contributed by atoms with Crippen molar-refractivity contribution in [2.45, 2.75) is 51.1 Å². The molecule has 0 bridgehead atoms. The van der Waals surface area contributed by atoms with Gasteiger partial charge < -0.3 is 15.0 Å². The summed E-state index contributed by atoms with van der Waals surface area (Å²) in [5.74, 6) is -0.230. The maximum Gasteiger partial charge on any atom is 0.318 e. The molecular formula is C26H30ClFN4O3. The largest absolute Gasteiger partial charge is 0.383 e. The van der Waals surface area contributed by atoms with Gasteiger partial charge in [0.2, 0.25) is 0 Å². The highest BCUT2D eigenvalue weighted by Gasteiger charge is 2.28. The summed E-state index contributed by atoms with van der Waals surface area (Å²) in [4.78, 5) is 33.4. The van der Waals surface area contributed by atoms with Crippen LogP contribution in [0.15, 0.2) is 47.3 Å². The number of carbonyl (C=O) groups is 1. The van der Waals surface area contributed by atoms with Crippen LogP contribution in [0.5, 0.6) is 0 Å². The number of para-hydroxylation sites is 1. The number of methoxy groups -OCH3 is 1. The Morgan fingerprint density at radius 1 is 1.26 bits per heavy atom. The Morgan fingerprint density at radius 2 is 2.00 bits per heavy atom. The molecule has 1 aliphatic carbocycles. The topological polar surface area (TPSA) is 76.5 Å². The van der Waals surface area contributed by atoms with Crippen LogP contribution in [0.4, 0.5) is 9.18 Å². The average molecular weight is 501 g/mol. The summed E-state index contributed by atoms with van der Waals surface area (Å²) in [6.07, 6.45) is 5.27. The van der Waals surface area contributed by atoms with Crippen LogP contribution >= 0.6 is 11.6 Å². The van der Waals surface area contributed by atoms with E-state index in [0.717, 1.165) is 25.7 Å². The molecule has 3 aromatic rings. The highest BCUT2D eigenvalue weighted by molar-refractivity contribution is 6.30. The molecule has 35 heavy (non-hydrogen) atoms. The van der Waals surface area contributed by atoms with Crippen LogP contribution in [0.25, 0.3) is 16.6 Å². The van der Waals surface area contributed by atoms with E-state index in [4.69, 9.17) is 21.3 Å². The van der Waals surface area contributed by atoms with E-state index < -0.39 is 11.9 Å². The number of rotatable bonds is 7. The van der Waals surface area contributed by atoms with Crippen molar-refractivity contribution in [1.82, 2.24) is 19.8 Å². The second-order valence-corrected chi connectivity index (χ2v) is 9.28. The predicted molar refractivity (Wildman–Crippen MR) is 135 cm³/mol. The number of nitrogens with zero attached hydrogens (tertiary/aromatic N) is 3. The minimum absolute atomic E-state index is 0.104. The molecule has 0 spiro atoms. The number of urea groups is 1. The van der Waals surface area contributed by atoms with E-state index in [9.17, 15) is 14.0 Å². The van der Waals surface area contributed by atoms with Gasteiger partial charge in [-0.05, 0) is 50.1 Å². The van der Waals surface area contributed by atoms with E-state index in [2.05, 4.69) is 5.32 Å². The summed E-state index contributed by atoms with van der Waals surface area (Å²) >= 11 is 6.05. The fourth-order valence-corrected chi connectivity index (χ4v) is 4.78. The normalized spacial score (nSPS) is 15.2. The third kappa shape index (κ3) is 5.49. The first-order valence-corrected chi connectivity index (χ1v) is 12.3. The molecule has 1 fully saturated rings. The molecule has 0 radical (unpaired) electrons. The lowest BCUT2D eigenvalue weighted by molar-refractivity contribution is 0.127. The number of amides is 2. The molecule has 2 amide bonds. The lowest BCUT2D eigenvalue weighted by Gasteiger charge is -2.33. The molecule has 0 saturated heterocycles. The molecule has 0 aliphatic heterocycles. The molecule has 1 atom stereocenters. The standard InChI is InChI=1S/C26H30ClFN4O3/c1-17(31(14-15-35-2)26(34)29-18-8-4-3-5-9-18)24-30-23-11-7-6-10-20(23)25(33)32(24)19-12-13-22(28)21(27)16-19/h6-7,10-13,16-18H,3-5,8-9,14-15H2,1-2H3,(H,29,34). The second-order valence-electron chi connectivity index (χ2n) is 8.87. The van der Waals surface area contributed by atoms with Crippen molar-refractivity contribution in [1.29, 1.82) is 0 Å². The lowest BCUT2D eigenvalue weighted by Crippen LogP contribution is -2.48. The van der Waals surface area contributed by atoms with Crippen LogP contribution in [-0.4, -0.2) is 46.8 Å². The van der Waals surface area contributed by atoms with Gasteiger partial charge in [-0.2, -0.15) is 0 Å². The minimum atomic E-state index is -0.588. The fraction of sp³-hybridized carbons (Fsp3) is 0.423. The van der Waals surface area contributed by atoms with Crippen molar-refractivity contribution in [3.05, 3.63) is 69.5 Å². The molecule has 1 heterocycles. The lowest BCUT2D eigenvalue weighted by atomic mass is 9.96. The number of aromatic nitrogens is 2. The predicted octanol–water partition coefficient (Wildman–Crippen LogP) is 5.23. The molecule has 7 nitrogen and oxygen atoms in total. The van der Waals surface area contributed by atoms with E-state index in [-0.39, 0.29) is 22.7 Å². The van der Waals surface area contributed by atoms with Crippen LogP contribution < -0.4 is 10.9 Å². The van der Waals surface area contributed by atoms with Crippen LogP contribution in [0.3, 0.4) is 0 Å². The summed E-state index contributed by atoms with van der Waals surface area (Å²) in [5.41, 5.74) is 0.573. The minimum Gasteiger partial charge on any atom is -0.383 e.